The summed E-state index contributed by atoms with van der Waals surface area (Å²) in [5.74, 6) is 1.38. The first-order valence-electron chi connectivity index (χ1n) is 9.04. The van der Waals surface area contributed by atoms with E-state index in [0.717, 1.165) is 12.8 Å². The van der Waals surface area contributed by atoms with Gasteiger partial charge in [-0.3, -0.25) is 0 Å². The van der Waals surface area contributed by atoms with Crippen molar-refractivity contribution < 1.29 is 23.7 Å². The number of methoxy groups -OCH3 is 3. The highest BCUT2D eigenvalue weighted by atomic mass is 35.5. The van der Waals surface area contributed by atoms with Crippen molar-refractivity contribution in [2.45, 2.75) is 18.9 Å². The van der Waals surface area contributed by atoms with Crippen LogP contribution in [0.5, 0.6) is 23.3 Å². The highest BCUT2D eigenvalue weighted by Crippen LogP contribution is 2.40. The van der Waals surface area contributed by atoms with Crippen molar-refractivity contribution in [1.82, 2.24) is 14.9 Å². The first-order chi connectivity index (χ1) is 14.0. The zero-order valence-corrected chi connectivity index (χ0v) is 17.2. The molecule has 1 aromatic heterocycles. The van der Waals surface area contributed by atoms with Gasteiger partial charge in [0.2, 0.25) is 5.75 Å². The van der Waals surface area contributed by atoms with Crippen molar-refractivity contribution >= 4 is 23.3 Å². The molecule has 1 aliphatic rings. The van der Waals surface area contributed by atoms with Crippen molar-refractivity contribution in [3.05, 3.63) is 29.5 Å². The Labute approximate surface area is 173 Å². The Morgan fingerprint density at radius 1 is 1.14 bits per heavy atom. The van der Waals surface area contributed by atoms with E-state index in [1.807, 2.05) is 0 Å². The normalized spacial score (nSPS) is 16.1. The van der Waals surface area contributed by atoms with E-state index in [1.54, 1.807) is 17.0 Å². The number of anilines is 1. The molecule has 10 heteroatoms. The van der Waals surface area contributed by atoms with Crippen LogP contribution in [0.3, 0.4) is 0 Å². The third-order valence-electron chi connectivity index (χ3n) is 4.45. The lowest BCUT2D eigenvalue weighted by Gasteiger charge is -2.32. The number of aromatic nitrogens is 2. The number of hydrogen-bond donors (Lipinski definition) is 1. The van der Waals surface area contributed by atoms with E-state index in [2.05, 4.69) is 15.3 Å². The SMILES string of the molecule is COc1cc(NC(=O)N2CCCC(Oc3ncc(Cl)cn3)C2)cc(OC)c1OC. The number of carbonyl (C=O) groups excluding carboxylic acids is 1. The number of benzene rings is 1. The highest BCUT2D eigenvalue weighted by molar-refractivity contribution is 6.30. The first kappa shape index (κ1) is 20.8. The van der Waals surface area contributed by atoms with Crippen molar-refractivity contribution in [1.29, 1.82) is 0 Å². The van der Waals surface area contributed by atoms with Crippen LogP contribution in [0.4, 0.5) is 10.5 Å². The molecule has 1 N–H and O–H groups in total. The predicted molar refractivity (Wildman–Crippen MR) is 107 cm³/mol. The number of nitrogens with one attached hydrogen (secondary N) is 1. The Bertz CT molecular complexity index is 824. The van der Waals surface area contributed by atoms with Crippen LogP contribution >= 0.6 is 11.6 Å². The minimum absolute atomic E-state index is 0.199. The van der Waals surface area contributed by atoms with Gasteiger partial charge in [-0.15, -0.1) is 0 Å². The van der Waals surface area contributed by atoms with Crippen LogP contribution in [0.15, 0.2) is 24.5 Å². The van der Waals surface area contributed by atoms with Crippen LogP contribution in [-0.2, 0) is 0 Å². The zero-order valence-electron chi connectivity index (χ0n) is 16.5. The monoisotopic (exact) mass is 422 g/mol. The van der Waals surface area contributed by atoms with Gasteiger partial charge in [-0.05, 0) is 12.8 Å². The fraction of sp³-hybridized carbons (Fsp3) is 0.421. The third kappa shape index (κ3) is 5.11. The fourth-order valence-electron chi connectivity index (χ4n) is 3.09. The molecule has 29 heavy (non-hydrogen) atoms. The molecular formula is C19H23ClN4O5. The van der Waals surface area contributed by atoms with E-state index >= 15 is 0 Å². The number of carbonyl (C=O) groups is 1. The molecule has 9 nitrogen and oxygen atoms in total. The maximum absolute atomic E-state index is 12.8. The summed E-state index contributed by atoms with van der Waals surface area (Å²) in [7, 11) is 4.57. The van der Waals surface area contributed by atoms with Gasteiger partial charge < -0.3 is 29.2 Å². The van der Waals surface area contributed by atoms with Crippen LogP contribution in [0.2, 0.25) is 5.02 Å². The van der Waals surface area contributed by atoms with Gasteiger partial charge in [-0.1, -0.05) is 11.6 Å². The van der Waals surface area contributed by atoms with Gasteiger partial charge in [0.25, 0.3) is 0 Å². The molecule has 0 aliphatic carbocycles. The average molecular weight is 423 g/mol. The second kappa shape index (κ2) is 9.51. The lowest BCUT2D eigenvalue weighted by Crippen LogP contribution is -2.46. The van der Waals surface area contributed by atoms with Gasteiger partial charge in [0, 0.05) is 18.7 Å². The second-order valence-electron chi connectivity index (χ2n) is 6.36. The van der Waals surface area contributed by atoms with Crippen molar-refractivity contribution in [2.24, 2.45) is 0 Å². The van der Waals surface area contributed by atoms with Gasteiger partial charge in [-0.25, -0.2) is 14.8 Å². The highest BCUT2D eigenvalue weighted by Gasteiger charge is 2.26. The molecule has 1 aromatic carbocycles. The number of urea groups is 1. The predicted octanol–water partition coefficient (Wildman–Crippen LogP) is 3.23. The third-order valence-corrected chi connectivity index (χ3v) is 4.65. The zero-order chi connectivity index (χ0) is 20.8. The average Bonchev–Trinajstić information content (AvgIpc) is 2.74. The molecule has 1 fully saturated rings. The fourth-order valence-corrected chi connectivity index (χ4v) is 3.18. The molecular weight excluding hydrogens is 400 g/mol. The van der Waals surface area contributed by atoms with Gasteiger partial charge >= 0.3 is 12.0 Å². The summed E-state index contributed by atoms with van der Waals surface area (Å²) in [6, 6.07) is 3.35. The molecule has 0 saturated carbocycles. The Kier molecular flexibility index (Phi) is 6.82. The maximum Gasteiger partial charge on any atom is 0.321 e. The van der Waals surface area contributed by atoms with Crippen molar-refractivity contribution in [3.8, 4) is 23.3 Å². The number of hydrogen-bond acceptors (Lipinski definition) is 7. The molecule has 0 radical (unpaired) electrons. The van der Waals surface area contributed by atoms with Crippen molar-refractivity contribution in [2.75, 3.05) is 39.7 Å². The molecule has 0 spiro atoms. The Balaban J connectivity index is 1.66. The molecule has 3 rings (SSSR count). The van der Waals surface area contributed by atoms with Gasteiger partial charge in [0.15, 0.2) is 11.5 Å². The lowest BCUT2D eigenvalue weighted by molar-refractivity contribution is 0.0983. The molecule has 1 aliphatic heterocycles. The van der Waals surface area contributed by atoms with E-state index < -0.39 is 0 Å². The Morgan fingerprint density at radius 3 is 2.38 bits per heavy atom. The smallest absolute Gasteiger partial charge is 0.321 e. The van der Waals surface area contributed by atoms with Crippen LogP contribution in [-0.4, -0.2) is 61.4 Å². The maximum atomic E-state index is 12.8. The quantitative estimate of drug-likeness (QED) is 0.763. The van der Waals surface area contributed by atoms with Crippen LogP contribution in [0.25, 0.3) is 0 Å². The number of nitrogens with zero attached hydrogens (tertiary/aromatic N) is 3. The number of rotatable bonds is 6. The van der Waals surface area contributed by atoms with Gasteiger partial charge in [-0.2, -0.15) is 0 Å². The summed E-state index contributed by atoms with van der Waals surface area (Å²) in [4.78, 5) is 22.5. The lowest BCUT2D eigenvalue weighted by atomic mass is 10.1. The number of ether oxygens (including phenoxy) is 4. The summed E-state index contributed by atoms with van der Waals surface area (Å²) in [5.41, 5.74) is 0.536. The summed E-state index contributed by atoms with van der Waals surface area (Å²) >= 11 is 5.79. The van der Waals surface area contributed by atoms with Crippen LogP contribution in [0, 0.1) is 0 Å². The summed E-state index contributed by atoms with van der Waals surface area (Å²) in [5, 5.41) is 3.31. The molecule has 1 unspecified atom stereocenters. The molecule has 2 amide bonds. The topological polar surface area (TPSA) is 95.0 Å². The molecule has 2 heterocycles. The minimum Gasteiger partial charge on any atom is -0.493 e. The summed E-state index contributed by atoms with van der Waals surface area (Å²) < 4.78 is 21.7. The minimum atomic E-state index is -0.246. The Morgan fingerprint density at radius 2 is 1.79 bits per heavy atom. The molecule has 1 saturated heterocycles. The van der Waals surface area contributed by atoms with Crippen LogP contribution in [0.1, 0.15) is 12.8 Å². The van der Waals surface area contributed by atoms with Gasteiger partial charge in [0.05, 0.1) is 51.0 Å². The van der Waals surface area contributed by atoms with E-state index in [0.29, 0.717) is 41.0 Å². The van der Waals surface area contributed by atoms with E-state index in [9.17, 15) is 4.79 Å². The van der Waals surface area contributed by atoms with Crippen LogP contribution < -0.4 is 24.3 Å². The first-order valence-corrected chi connectivity index (χ1v) is 9.42. The number of amides is 2. The van der Waals surface area contributed by atoms with E-state index in [-0.39, 0.29) is 18.1 Å². The number of halogens is 1. The molecule has 2 aromatic rings. The summed E-state index contributed by atoms with van der Waals surface area (Å²) in [6.45, 7) is 1.04. The van der Waals surface area contributed by atoms with Crippen molar-refractivity contribution in [3.63, 3.8) is 0 Å². The van der Waals surface area contributed by atoms with Gasteiger partial charge in [0.1, 0.15) is 6.10 Å². The standard InChI is InChI=1S/C19H23ClN4O5/c1-26-15-7-13(8-16(27-2)17(15)28-3)23-19(25)24-6-4-5-14(11-24)29-18-21-9-12(20)10-22-18/h7-10,14H,4-6,11H2,1-3H3,(H,23,25). The molecule has 1 atom stereocenters. The second-order valence-corrected chi connectivity index (χ2v) is 6.79. The van der Waals surface area contributed by atoms with E-state index in [4.69, 9.17) is 30.5 Å². The molecule has 0 bridgehead atoms. The largest absolute Gasteiger partial charge is 0.493 e. The Hall–Kier alpha value is -2.94. The summed E-state index contributed by atoms with van der Waals surface area (Å²) in [6.07, 6.45) is 4.36. The number of likely N-dealkylation sites (tertiary alicyclic amines) is 1. The number of piperidine rings is 1. The molecule has 156 valence electrons. The van der Waals surface area contributed by atoms with E-state index in [1.165, 1.54) is 33.7 Å².